The van der Waals surface area contributed by atoms with Crippen molar-refractivity contribution in [1.29, 1.82) is 0 Å². The van der Waals surface area contributed by atoms with E-state index in [-0.39, 0.29) is 5.82 Å². The summed E-state index contributed by atoms with van der Waals surface area (Å²) < 4.78 is 13.5. The first-order valence-electron chi connectivity index (χ1n) is 12.8. The molecule has 0 bridgehead atoms. The average molecular weight is 520 g/mol. The van der Waals surface area contributed by atoms with Gasteiger partial charge in [-0.1, -0.05) is 45.2 Å². The Morgan fingerprint density at radius 1 is 1.05 bits per heavy atom. The van der Waals surface area contributed by atoms with Crippen molar-refractivity contribution in [2.45, 2.75) is 27.2 Å². The Hall–Kier alpha value is -4.85. The van der Waals surface area contributed by atoms with E-state index in [2.05, 4.69) is 52.5 Å². The summed E-state index contributed by atoms with van der Waals surface area (Å²) in [5.74, 6) is 0.771. The number of hydrogen-bond donors (Lipinski definition) is 3. The van der Waals surface area contributed by atoms with Crippen LogP contribution in [0, 0.1) is 11.7 Å². The van der Waals surface area contributed by atoms with Crippen LogP contribution >= 0.6 is 0 Å². The summed E-state index contributed by atoms with van der Waals surface area (Å²) in [7, 11) is 0. The third kappa shape index (κ3) is 5.40. The van der Waals surface area contributed by atoms with Crippen LogP contribution < -0.4 is 5.32 Å². The van der Waals surface area contributed by atoms with Crippen molar-refractivity contribution >= 4 is 27.6 Å². The first kappa shape index (κ1) is 25.8. The van der Waals surface area contributed by atoms with E-state index in [9.17, 15) is 4.39 Å². The molecular formula is C31H30FN7. The van der Waals surface area contributed by atoms with Crippen molar-refractivity contribution in [3.63, 3.8) is 0 Å². The maximum Gasteiger partial charge on any atom is 0.161 e. The van der Waals surface area contributed by atoms with Gasteiger partial charge in [-0.3, -0.25) is 10.1 Å². The highest BCUT2D eigenvalue weighted by Crippen LogP contribution is 2.31. The van der Waals surface area contributed by atoms with Gasteiger partial charge in [-0.25, -0.2) is 14.4 Å². The molecule has 4 aromatic heterocycles. The number of aromatic nitrogens is 6. The Balaban J connectivity index is 1.52. The second-order valence-electron chi connectivity index (χ2n) is 9.71. The van der Waals surface area contributed by atoms with E-state index >= 15 is 0 Å². The lowest BCUT2D eigenvalue weighted by atomic mass is 10.1. The van der Waals surface area contributed by atoms with Crippen LogP contribution in [0.5, 0.6) is 0 Å². The molecule has 3 N–H and O–H groups in total. The summed E-state index contributed by atoms with van der Waals surface area (Å²) in [6.45, 7) is 14.4. The van der Waals surface area contributed by atoms with Gasteiger partial charge in [0.1, 0.15) is 11.3 Å². The third-order valence-corrected chi connectivity index (χ3v) is 6.29. The number of hydrogen-bond acceptors (Lipinski definition) is 5. The lowest BCUT2D eigenvalue weighted by molar-refractivity contribution is 0.622. The summed E-state index contributed by atoms with van der Waals surface area (Å²) in [5, 5.41) is 10.9. The van der Waals surface area contributed by atoms with Crippen LogP contribution in [0.2, 0.25) is 0 Å². The molecule has 7 nitrogen and oxygen atoms in total. The van der Waals surface area contributed by atoms with Crippen LogP contribution in [0.15, 0.2) is 91.6 Å². The molecule has 5 rings (SSSR count). The number of allylic oxidation sites excluding steroid dienone is 5. The molecule has 0 saturated carbocycles. The van der Waals surface area contributed by atoms with Crippen molar-refractivity contribution in [3.05, 3.63) is 103 Å². The van der Waals surface area contributed by atoms with Crippen LogP contribution in [0.1, 0.15) is 32.9 Å². The number of nitrogens with one attached hydrogen (secondary N) is 3. The average Bonchev–Trinajstić information content (AvgIpc) is 3.54. The van der Waals surface area contributed by atoms with Crippen LogP contribution in [0.4, 0.5) is 4.39 Å². The summed E-state index contributed by atoms with van der Waals surface area (Å²) in [6.07, 6.45) is 10.1. The molecule has 8 heteroatoms. The highest BCUT2D eigenvalue weighted by molar-refractivity contribution is 5.95. The number of nitrogens with zero attached hydrogens (tertiary/aromatic N) is 4. The summed E-state index contributed by atoms with van der Waals surface area (Å²) in [4.78, 5) is 17.5. The molecule has 0 unspecified atom stereocenters. The first-order chi connectivity index (χ1) is 18.9. The Morgan fingerprint density at radius 2 is 1.85 bits per heavy atom. The Morgan fingerprint density at radius 3 is 2.56 bits per heavy atom. The predicted octanol–water partition coefficient (Wildman–Crippen LogP) is 7.32. The van der Waals surface area contributed by atoms with Crippen molar-refractivity contribution in [1.82, 2.24) is 35.5 Å². The molecule has 0 radical (unpaired) electrons. The van der Waals surface area contributed by atoms with Gasteiger partial charge in [-0.2, -0.15) is 5.10 Å². The molecule has 0 aliphatic carbocycles. The standard InChI is InChI=1S/C31H30FN7/c1-6-20(15-23(7-2)34-19(5)14-18(3)4)25-12-13-26-29(35-25)30(39-38-26)31-36-27-17-33-16-24(28(27)37-31)21-8-10-22(32)11-9-21/h6-13,15-18,34H,2,5,14H2,1,3-4H3,(H,36,37)(H,38,39)/b20-6+,23-15+. The molecule has 1 aromatic carbocycles. The first-order valence-corrected chi connectivity index (χ1v) is 12.8. The minimum Gasteiger partial charge on any atom is -0.359 e. The van der Waals surface area contributed by atoms with Crippen molar-refractivity contribution in [2.24, 2.45) is 5.92 Å². The van der Waals surface area contributed by atoms with E-state index < -0.39 is 0 Å². The Bertz CT molecular complexity index is 1740. The molecule has 0 amide bonds. The number of pyridine rings is 2. The zero-order valence-corrected chi connectivity index (χ0v) is 22.2. The molecule has 0 fully saturated rings. The summed E-state index contributed by atoms with van der Waals surface area (Å²) in [6, 6.07) is 10.2. The second kappa shape index (κ2) is 10.9. The summed E-state index contributed by atoms with van der Waals surface area (Å²) in [5.41, 5.74) is 8.67. The van der Waals surface area contributed by atoms with Gasteiger partial charge in [-0.05, 0) is 66.8 Å². The molecule has 39 heavy (non-hydrogen) atoms. The number of halogens is 1. The van der Waals surface area contributed by atoms with Gasteiger partial charge in [-0.15, -0.1) is 0 Å². The number of imidazole rings is 1. The molecule has 0 aliphatic rings. The largest absolute Gasteiger partial charge is 0.359 e. The van der Waals surface area contributed by atoms with Crippen molar-refractivity contribution in [2.75, 3.05) is 0 Å². The molecule has 0 spiro atoms. The minimum absolute atomic E-state index is 0.293. The van der Waals surface area contributed by atoms with Gasteiger partial charge in [0.15, 0.2) is 11.5 Å². The van der Waals surface area contributed by atoms with Crippen molar-refractivity contribution < 1.29 is 4.39 Å². The smallest absolute Gasteiger partial charge is 0.161 e. The Labute approximate surface area is 226 Å². The zero-order chi connectivity index (χ0) is 27.5. The van der Waals surface area contributed by atoms with Gasteiger partial charge < -0.3 is 10.3 Å². The zero-order valence-electron chi connectivity index (χ0n) is 22.2. The van der Waals surface area contributed by atoms with E-state index in [1.165, 1.54) is 12.1 Å². The molecule has 0 saturated heterocycles. The van der Waals surface area contributed by atoms with Crippen LogP contribution in [0.3, 0.4) is 0 Å². The van der Waals surface area contributed by atoms with E-state index in [4.69, 9.17) is 9.97 Å². The van der Waals surface area contributed by atoms with Crippen LogP contribution in [-0.2, 0) is 0 Å². The van der Waals surface area contributed by atoms with E-state index in [1.54, 1.807) is 30.6 Å². The molecular weight excluding hydrogens is 489 g/mol. The monoisotopic (exact) mass is 519 g/mol. The SMILES string of the molecule is C=C/C(=C\C(=C/C)c1ccc2[nH]nc(-c3nc4c(-c5ccc(F)cc5)cncc4[nH]3)c2n1)NC(=C)CC(C)C. The number of benzene rings is 1. The lowest BCUT2D eigenvalue weighted by Crippen LogP contribution is -2.12. The Kier molecular flexibility index (Phi) is 7.19. The number of rotatable bonds is 9. The van der Waals surface area contributed by atoms with Crippen molar-refractivity contribution in [3.8, 4) is 22.6 Å². The van der Waals surface area contributed by atoms with Gasteiger partial charge in [0.25, 0.3) is 0 Å². The van der Waals surface area contributed by atoms with Gasteiger partial charge in [0.05, 0.1) is 28.4 Å². The minimum atomic E-state index is -0.293. The molecule has 0 atom stereocenters. The second-order valence-corrected chi connectivity index (χ2v) is 9.71. The summed E-state index contributed by atoms with van der Waals surface area (Å²) >= 11 is 0. The van der Waals surface area contributed by atoms with E-state index in [0.717, 1.165) is 56.8 Å². The third-order valence-electron chi connectivity index (χ3n) is 6.29. The molecule has 4 heterocycles. The highest BCUT2D eigenvalue weighted by atomic mass is 19.1. The van der Waals surface area contributed by atoms with Crippen LogP contribution in [-0.4, -0.2) is 30.1 Å². The maximum atomic E-state index is 13.5. The quantitative estimate of drug-likeness (QED) is 0.177. The van der Waals surface area contributed by atoms with Gasteiger partial charge >= 0.3 is 0 Å². The number of aromatic amines is 2. The topological polar surface area (TPSA) is 95.2 Å². The van der Waals surface area contributed by atoms with E-state index in [1.807, 2.05) is 31.2 Å². The maximum absolute atomic E-state index is 13.5. The fourth-order valence-corrected chi connectivity index (χ4v) is 4.48. The molecule has 5 aromatic rings. The normalized spacial score (nSPS) is 12.4. The van der Waals surface area contributed by atoms with E-state index in [0.29, 0.717) is 23.0 Å². The fraction of sp³-hybridized carbons (Fsp3) is 0.161. The predicted molar refractivity (Wildman–Crippen MR) is 156 cm³/mol. The molecule has 196 valence electrons. The molecule has 0 aliphatic heterocycles. The number of H-pyrrole nitrogens is 2. The number of fused-ring (bicyclic) bond motifs is 2. The van der Waals surface area contributed by atoms with Gasteiger partial charge in [0, 0.05) is 23.2 Å². The van der Waals surface area contributed by atoms with Crippen LogP contribution in [0.25, 0.3) is 50.3 Å². The highest BCUT2D eigenvalue weighted by Gasteiger charge is 2.17. The fourth-order valence-electron chi connectivity index (χ4n) is 4.48. The van der Waals surface area contributed by atoms with Gasteiger partial charge in [0.2, 0.25) is 0 Å². The lowest BCUT2D eigenvalue weighted by Gasteiger charge is -2.13.